The van der Waals surface area contributed by atoms with E-state index >= 15 is 0 Å². The van der Waals surface area contributed by atoms with Gasteiger partial charge in [-0.2, -0.15) is 0 Å². The van der Waals surface area contributed by atoms with Crippen molar-refractivity contribution in [1.29, 1.82) is 0 Å². The van der Waals surface area contributed by atoms with Crippen LogP contribution in [0.1, 0.15) is 30.4 Å². The van der Waals surface area contributed by atoms with E-state index in [0.717, 1.165) is 25.9 Å². The summed E-state index contributed by atoms with van der Waals surface area (Å²) in [6, 6.07) is 5.38. The number of halogens is 1. The standard InChI is InChI=1S/C15H22FN3O/c16-15-12(9-17)2-1-3-13(15)10-19-6-4-11(5-7-19)8-14(18)20/h1-3,11H,4-10,17H2,(H2,18,20). The number of nitrogens with two attached hydrogens (primary N) is 2. The smallest absolute Gasteiger partial charge is 0.217 e. The van der Waals surface area contributed by atoms with Gasteiger partial charge in [0.1, 0.15) is 5.82 Å². The molecule has 4 N–H and O–H groups in total. The second kappa shape index (κ2) is 6.81. The fourth-order valence-electron chi connectivity index (χ4n) is 2.79. The maximum Gasteiger partial charge on any atom is 0.217 e. The fraction of sp³-hybridized carbons (Fsp3) is 0.533. The van der Waals surface area contributed by atoms with E-state index in [1.807, 2.05) is 12.1 Å². The molecular weight excluding hydrogens is 257 g/mol. The van der Waals surface area contributed by atoms with Crippen molar-refractivity contribution in [3.8, 4) is 0 Å². The van der Waals surface area contributed by atoms with Gasteiger partial charge in [-0.1, -0.05) is 18.2 Å². The predicted octanol–water partition coefficient (Wildman–Crippen LogP) is 1.37. The molecule has 0 atom stereocenters. The third-order valence-electron chi connectivity index (χ3n) is 3.97. The average Bonchev–Trinajstić information content (AvgIpc) is 2.43. The number of benzene rings is 1. The Balaban J connectivity index is 1.91. The Morgan fingerprint density at radius 2 is 1.95 bits per heavy atom. The maximum atomic E-state index is 14.1. The van der Waals surface area contributed by atoms with Gasteiger partial charge in [-0.15, -0.1) is 0 Å². The number of hydrogen-bond donors (Lipinski definition) is 2. The molecule has 2 rings (SSSR count). The van der Waals surface area contributed by atoms with Gasteiger partial charge < -0.3 is 11.5 Å². The molecule has 1 saturated heterocycles. The second-order valence-electron chi connectivity index (χ2n) is 5.48. The number of piperidine rings is 1. The Bertz CT molecular complexity index is 470. The van der Waals surface area contributed by atoms with Crippen LogP contribution in [0.5, 0.6) is 0 Å². The van der Waals surface area contributed by atoms with E-state index in [9.17, 15) is 9.18 Å². The Labute approximate surface area is 118 Å². The monoisotopic (exact) mass is 279 g/mol. The van der Waals surface area contributed by atoms with Crippen LogP contribution in [0.25, 0.3) is 0 Å². The molecule has 0 unspecified atom stereocenters. The molecule has 0 bridgehead atoms. The molecule has 0 aromatic heterocycles. The Morgan fingerprint density at radius 1 is 1.30 bits per heavy atom. The Kier molecular flexibility index (Phi) is 5.09. The number of carbonyl (C=O) groups excluding carboxylic acids is 1. The summed E-state index contributed by atoms with van der Waals surface area (Å²) in [5, 5.41) is 0. The predicted molar refractivity (Wildman–Crippen MR) is 76.1 cm³/mol. The van der Waals surface area contributed by atoms with Crippen LogP contribution >= 0.6 is 0 Å². The normalized spacial score (nSPS) is 17.3. The lowest BCUT2D eigenvalue weighted by molar-refractivity contribution is -0.119. The summed E-state index contributed by atoms with van der Waals surface area (Å²) in [4.78, 5) is 13.1. The molecule has 110 valence electrons. The average molecular weight is 279 g/mol. The minimum Gasteiger partial charge on any atom is -0.370 e. The number of hydrogen-bond acceptors (Lipinski definition) is 3. The summed E-state index contributed by atoms with van der Waals surface area (Å²) in [7, 11) is 0. The zero-order valence-electron chi connectivity index (χ0n) is 11.6. The van der Waals surface area contributed by atoms with E-state index in [1.54, 1.807) is 6.07 Å². The van der Waals surface area contributed by atoms with Crippen molar-refractivity contribution in [3.05, 3.63) is 35.1 Å². The summed E-state index contributed by atoms with van der Waals surface area (Å²) in [5.41, 5.74) is 12.0. The van der Waals surface area contributed by atoms with Crippen molar-refractivity contribution >= 4 is 5.91 Å². The molecular formula is C15H22FN3O. The number of rotatable bonds is 5. The van der Waals surface area contributed by atoms with E-state index in [2.05, 4.69) is 4.90 Å². The lowest BCUT2D eigenvalue weighted by Gasteiger charge is -2.31. The van der Waals surface area contributed by atoms with Crippen molar-refractivity contribution in [1.82, 2.24) is 4.90 Å². The minimum absolute atomic E-state index is 0.186. The van der Waals surface area contributed by atoms with Crippen LogP contribution in [0.2, 0.25) is 0 Å². The van der Waals surface area contributed by atoms with Crippen LogP contribution in [0.3, 0.4) is 0 Å². The first-order chi connectivity index (χ1) is 9.60. The van der Waals surface area contributed by atoms with Crippen molar-refractivity contribution in [2.75, 3.05) is 13.1 Å². The summed E-state index contributed by atoms with van der Waals surface area (Å²) in [5.74, 6) is -0.0385. The Hall–Kier alpha value is -1.46. The quantitative estimate of drug-likeness (QED) is 0.855. The maximum absolute atomic E-state index is 14.1. The first-order valence-electron chi connectivity index (χ1n) is 7.07. The van der Waals surface area contributed by atoms with Crippen molar-refractivity contribution in [2.45, 2.75) is 32.4 Å². The van der Waals surface area contributed by atoms with Gasteiger partial charge in [0, 0.05) is 30.6 Å². The first kappa shape index (κ1) is 14.9. The van der Waals surface area contributed by atoms with Gasteiger partial charge in [0.05, 0.1) is 0 Å². The minimum atomic E-state index is -0.231. The lowest BCUT2D eigenvalue weighted by atomic mass is 9.93. The molecule has 1 aliphatic rings. The van der Waals surface area contributed by atoms with Gasteiger partial charge in [-0.3, -0.25) is 9.69 Å². The van der Waals surface area contributed by atoms with E-state index in [-0.39, 0.29) is 18.3 Å². The fourth-order valence-corrected chi connectivity index (χ4v) is 2.79. The van der Waals surface area contributed by atoms with Crippen LogP contribution in [-0.4, -0.2) is 23.9 Å². The number of carbonyl (C=O) groups is 1. The van der Waals surface area contributed by atoms with Gasteiger partial charge in [0.25, 0.3) is 0 Å². The number of primary amides is 1. The molecule has 1 aliphatic heterocycles. The SMILES string of the molecule is NCc1cccc(CN2CCC(CC(N)=O)CC2)c1F. The van der Waals surface area contributed by atoms with Gasteiger partial charge in [0.2, 0.25) is 5.91 Å². The van der Waals surface area contributed by atoms with Crippen LogP contribution in [0, 0.1) is 11.7 Å². The summed E-state index contributed by atoms with van der Waals surface area (Å²) in [6.07, 6.45) is 2.35. The van der Waals surface area contributed by atoms with Gasteiger partial charge >= 0.3 is 0 Å². The highest BCUT2D eigenvalue weighted by Crippen LogP contribution is 2.22. The molecule has 20 heavy (non-hydrogen) atoms. The highest BCUT2D eigenvalue weighted by Gasteiger charge is 2.21. The molecule has 1 aromatic carbocycles. The highest BCUT2D eigenvalue weighted by atomic mass is 19.1. The third-order valence-corrected chi connectivity index (χ3v) is 3.97. The van der Waals surface area contributed by atoms with Gasteiger partial charge in [-0.05, 0) is 31.8 Å². The number of likely N-dealkylation sites (tertiary alicyclic amines) is 1. The van der Waals surface area contributed by atoms with Crippen LogP contribution in [0.4, 0.5) is 4.39 Å². The topological polar surface area (TPSA) is 72.3 Å². The zero-order chi connectivity index (χ0) is 14.5. The Morgan fingerprint density at radius 3 is 2.55 bits per heavy atom. The van der Waals surface area contributed by atoms with E-state index in [1.165, 1.54) is 0 Å². The molecule has 1 fully saturated rings. The van der Waals surface area contributed by atoms with E-state index < -0.39 is 0 Å². The molecule has 0 aliphatic carbocycles. The molecule has 5 heteroatoms. The summed E-state index contributed by atoms with van der Waals surface area (Å²) < 4.78 is 14.1. The lowest BCUT2D eigenvalue weighted by Crippen LogP contribution is -2.34. The van der Waals surface area contributed by atoms with E-state index in [4.69, 9.17) is 11.5 Å². The van der Waals surface area contributed by atoms with Gasteiger partial charge in [0.15, 0.2) is 0 Å². The van der Waals surface area contributed by atoms with Crippen molar-refractivity contribution in [3.63, 3.8) is 0 Å². The van der Waals surface area contributed by atoms with E-state index in [0.29, 0.717) is 30.0 Å². The molecule has 1 aromatic rings. The largest absolute Gasteiger partial charge is 0.370 e. The molecule has 1 amide bonds. The summed E-state index contributed by atoms with van der Waals surface area (Å²) in [6.45, 7) is 2.58. The van der Waals surface area contributed by atoms with Gasteiger partial charge in [-0.25, -0.2) is 4.39 Å². The molecule has 1 heterocycles. The third kappa shape index (κ3) is 3.77. The molecule has 0 spiro atoms. The number of amides is 1. The van der Waals surface area contributed by atoms with Crippen LogP contribution in [-0.2, 0) is 17.9 Å². The van der Waals surface area contributed by atoms with Crippen LogP contribution < -0.4 is 11.5 Å². The first-order valence-corrected chi connectivity index (χ1v) is 7.07. The molecule has 0 radical (unpaired) electrons. The van der Waals surface area contributed by atoms with Crippen LogP contribution in [0.15, 0.2) is 18.2 Å². The van der Waals surface area contributed by atoms with Crippen molar-refractivity contribution < 1.29 is 9.18 Å². The highest BCUT2D eigenvalue weighted by molar-refractivity contribution is 5.73. The zero-order valence-corrected chi connectivity index (χ0v) is 11.6. The molecule has 4 nitrogen and oxygen atoms in total. The van der Waals surface area contributed by atoms with Crippen molar-refractivity contribution in [2.24, 2.45) is 17.4 Å². The summed E-state index contributed by atoms with van der Waals surface area (Å²) >= 11 is 0. The number of nitrogens with zero attached hydrogens (tertiary/aromatic N) is 1. The second-order valence-corrected chi connectivity index (χ2v) is 5.48. The molecule has 0 saturated carbocycles.